The lowest BCUT2D eigenvalue weighted by Gasteiger charge is -2.23. The van der Waals surface area contributed by atoms with E-state index in [0.717, 1.165) is 63.0 Å². The van der Waals surface area contributed by atoms with Gasteiger partial charge < -0.3 is 19.7 Å². The van der Waals surface area contributed by atoms with Gasteiger partial charge in [0.25, 0.3) is 0 Å². The standard InChI is InChI=1S/C19H29N3O2/c1-4-20-19(21-12-9-16-10-13-24-14-11-16)22(2)15-17-7-5-6-8-18(17)23-3/h5-8,10H,4,9,11-15H2,1-3H3,(H,20,21). The Morgan fingerprint density at radius 3 is 2.92 bits per heavy atom. The predicted molar refractivity (Wildman–Crippen MR) is 98.6 cm³/mol. The topological polar surface area (TPSA) is 46.1 Å². The minimum Gasteiger partial charge on any atom is -0.496 e. The van der Waals surface area contributed by atoms with Gasteiger partial charge in [0.2, 0.25) is 0 Å². The summed E-state index contributed by atoms with van der Waals surface area (Å²) in [7, 11) is 3.77. The van der Waals surface area contributed by atoms with Crippen molar-refractivity contribution in [3.05, 3.63) is 41.5 Å². The van der Waals surface area contributed by atoms with Crippen molar-refractivity contribution >= 4 is 5.96 Å². The van der Waals surface area contributed by atoms with E-state index in [0.29, 0.717) is 0 Å². The van der Waals surface area contributed by atoms with Crippen LogP contribution in [0.5, 0.6) is 5.75 Å². The van der Waals surface area contributed by atoms with Crippen molar-refractivity contribution in [3.63, 3.8) is 0 Å². The first kappa shape index (κ1) is 18.3. The van der Waals surface area contributed by atoms with Crippen LogP contribution in [0.25, 0.3) is 0 Å². The zero-order valence-electron chi connectivity index (χ0n) is 15.0. The minimum absolute atomic E-state index is 0.743. The summed E-state index contributed by atoms with van der Waals surface area (Å²) >= 11 is 0. The van der Waals surface area contributed by atoms with Crippen molar-refractivity contribution in [3.8, 4) is 5.75 Å². The molecule has 0 bridgehead atoms. The maximum Gasteiger partial charge on any atom is 0.193 e. The van der Waals surface area contributed by atoms with Gasteiger partial charge in [0, 0.05) is 32.2 Å². The second kappa shape index (κ2) is 9.98. The summed E-state index contributed by atoms with van der Waals surface area (Å²) in [6.45, 7) is 6.08. The van der Waals surface area contributed by atoms with Crippen molar-refractivity contribution < 1.29 is 9.47 Å². The molecular weight excluding hydrogens is 302 g/mol. The summed E-state index contributed by atoms with van der Waals surface area (Å²) in [5.74, 6) is 1.84. The second-order valence-corrected chi connectivity index (χ2v) is 5.84. The first-order chi connectivity index (χ1) is 11.7. The maximum atomic E-state index is 5.44. The molecule has 132 valence electrons. The lowest BCUT2D eigenvalue weighted by molar-refractivity contribution is 0.153. The van der Waals surface area contributed by atoms with Crippen molar-refractivity contribution in [2.75, 3.05) is 40.5 Å². The van der Waals surface area contributed by atoms with Gasteiger partial charge in [-0.2, -0.15) is 0 Å². The van der Waals surface area contributed by atoms with E-state index in [1.165, 1.54) is 5.57 Å². The van der Waals surface area contributed by atoms with Gasteiger partial charge in [0.05, 0.1) is 20.3 Å². The van der Waals surface area contributed by atoms with Crippen LogP contribution in [0.4, 0.5) is 0 Å². The number of para-hydroxylation sites is 1. The zero-order chi connectivity index (χ0) is 17.2. The Morgan fingerprint density at radius 2 is 2.21 bits per heavy atom. The Kier molecular flexibility index (Phi) is 7.62. The molecule has 0 aliphatic carbocycles. The van der Waals surface area contributed by atoms with Crippen LogP contribution in [0.2, 0.25) is 0 Å². The van der Waals surface area contributed by atoms with Crippen LogP contribution < -0.4 is 10.1 Å². The lowest BCUT2D eigenvalue weighted by Crippen LogP contribution is -2.38. The van der Waals surface area contributed by atoms with E-state index in [4.69, 9.17) is 14.5 Å². The summed E-state index contributed by atoms with van der Waals surface area (Å²) in [5.41, 5.74) is 2.61. The van der Waals surface area contributed by atoms with Crippen LogP contribution in [0.15, 0.2) is 40.9 Å². The van der Waals surface area contributed by atoms with Crippen LogP contribution in [0.3, 0.4) is 0 Å². The third-order valence-electron chi connectivity index (χ3n) is 4.05. The van der Waals surface area contributed by atoms with Gasteiger partial charge >= 0.3 is 0 Å². The average molecular weight is 331 g/mol. The summed E-state index contributed by atoms with van der Waals surface area (Å²) in [4.78, 5) is 6.91. The van der Waals surface area contributed by atoms with Gasteiger partial charge in [-0.15, -0.1) is 0 Å². The molecule has 1 aromatic carbocycles. The molecule has 1 aliphatic heterocycles. The highest BCUT2D eigenvalue weighted by molar-refractivity contribution is 5.79. The molecule has 0 fully saturated rings. The van der Waals surface area contributed by atoms with Crippen molar-refractivity contribution in [2.45, 2.75) is 26.3 Å². The molecule has 0 saturated carbocycles. The SMILES string of the molecule is CCNC(=NCCC1=CCOCC1)N(C)Cc1ccccc1OC. The van der Waals surface area contributed by atoms with Gasteiger partial charge in [0.15, 0.2) is 5.96 Å². The molecule has 0 atom stereocenters. The van der Waals surface area contributed by atoms with Gasteiger partial charge in [-0.1, -0.05) is 29.8 Å². The number of nitrogens with zero attached hydrogens (tertiary/aromatic N) is 2. The Morgan fingerprint density at radius 1 is 1.38 bits per heavy atom. The van der Waals surface area contributed by atoms with Crippen LogP contribution in [-0.4, -0.2) is 51.3 Å². The van der Waals surface area contributed by atoms with Crippen molar-refractivity contribution in [1.29, 1.82) is 0 Å². The average Bonchev–Trinajstić information content (AvgIpc) is 2.62. The highest BCUT2D eigenvalue weighted by Gasteiger charge is 2.10. The van der Waals surface area contributed by atoms with Crippen LogP contribution >= 0.6 is 0 Å². The highest BCUT2D eigenvalue weighted by atomic mass is 16.5. The molecule has 2 rings (SSSR count). The van der Waals surface area contributed by atoms with Gasteiger partial charge in [-0.05, 0) is 25.8 Å². The quantitative estimate of drug-likeness (QED) is 0.474. The normalized spacial score (nSPS) is 15.0. The molecule has 0 saturated heterocycles. The number of hydrogen-bond donors (Lipinski definition) is 1. The monoisotopic (exact) mass is 331 g/mol. The predicted octanol–water partition coefficient (Wildman–Crippen LogP) is 2.83. The van der Waals surface area contributed by atoms with Gasteiger partial charge in [-0.25, -0.2) is 0 Å². The smallest absolute Gasteiger partial charge is 0.193 e. The summed E-state index contributed by atoms with van der Waals surface area (Å²) in [5, 5.41) is 3.37. The molecular formula is C19H29N3O2. The molecule has 1 aromatic rings. The van der Waals surface area contributed by atoms with E-state index in [9.17, 15) is 0 Å². The number of hydrogen-bond acceptors (Lipinski definition) is 3. The Labute approximate surface area is 145 Å². The van der Waals surface area contributed by atoms with E-state index in [-0.39, 0.29) is 0 Å². The molecule has 0 spiro atoms. The van der Waals surface area contributed by atoms with E-state index < -0.39 is 0 Å². The molecule has 1 N–H and O–H groups in total. The van der Waals surface area contributed by atoms with Crippen LogP contribution in [0.1, 0.15) is 25.3 Å². The molecule has 0 amide bonds. The van der Waals surface area contributed by atoms with E-state index in [2.05, 4.69) is 36.3 Å². The largest absolute Gasteiger partial charge is 0.496 e. The molecule has 0 unspecified atom stereocenters. The van der Waals surface area contributed by atoms with Gasteiger partial charge in [-0.3, -0.25) is 4.99 Å². The van der Waals surface area contributed by atoms with Crippen LogP contribution in [0, 0.1) is 0 Å². The summed E-state index contributed by atoms with van der Waals surface area (Å²) in [6.07, 6.45) is 4.22. The third kappa shape index (κ3) is 5.57. The zero-order valence-corrected chi connectivity index (χ0v) is 15.0. The summed E-state index contributed by atoms with van der Waals surface area (Å²) < 4.78 is 10.8. The number of rotatable bonds is 7. The fourth-order valence-corrected chi connectivity index (χ4v) is 2.73. The lowest BCUT2D eigenvalue weighted by atomic mass is 10.1. The second-order valence-electron chi connectivity index (χ2n) is 5.84. The van der Waals surface area contributed by atoms with Gasteiger partial charge in [0.1, 0.15) is 5.75 Å². The van der Waals surface area contributed by atoms with Crippen molar-refractivity contribution in [1.82, 2.24) is 10.2 Å². The summed E-state index contributed by atoms with van der Waals surface area (Å²) in [6, 6.07) is 8.10. The number of ether oxygens (including phenoxy) is 2. The number of methoxy groups -OCH3 is 1. The first-order valence-electron chi connectivity index (χ1n) is 8.61. The molecule has 24 heavy (non-hydrogen) atoms. The molecule has 1 heterocycles. The Balaban J connectivity index is 1.97. The van der Waals surface area contributed by atoms with Crippen molar-refractivity contribution in [2.24, 2.45) is 4.99 Å². The number of benzene rings is 1. The number of nitrogens with one attached hydrogen (secondary N) is 1. The third-order valence-corrected chi connectivity index (χ3v) is 4.05. The van der Waals surface area contributed by atoms with E-state index >= 15 is 0 Å². The molecule has 5 nitrogen and oxygen atoms in total. The highest BCUT2D eigenvalue weighted by Crippen LogP contribution is 2.18. The number of guanidine groups is 1. The first-order valence-corrected chi connectivity index (χ1v) is 8.61. The van der Waals surface area contributed by atoms with E-state index in [1.54, 1.807) is 7.11 Å². The molecule has 1 aliphatic rings. The molecule has 0 radical (unpaired) electrons. The fraction of sp³-hybridized carbons (Fsp3) is 0.526. The molecule has 0 aromatic heterocycles. The number of aliphatic imine (C=N–C) groups is 1. The van der Waals surface area contributed by atoms with Crippen LogP contribution in [-0.2, 0) is 11.3 Å². The maximum absolute atomic E-state index is 5.44. The van der Waals surface area contributed by atoms with E-state index in [1.807, 2.05) is 18.2 Å². The fourth-order valence-electron chi connectivity index (χ4n) is 2.73. The molecule has 5 heteroatoms. The Hall–Kier alpha value is -2.01. The Bertz CT molecular complexity index is 569. The minimum atomic E-state index is 0.743.